The van der Waals surface area contributed by atoms with Crippen LogP contribution in [-0.2, 0) is 11.4 Å². The number of hydrogen-bond acceptors (Lipinski definition) is 8. The number of rotatable bonds is 4. The number of pyridine rings is 3. The quantitative estimate of drug-likeness (QED) is 0.349. The molecule has 0 aliphatic carbocycles. The van der Waals surface area contributed by atoms with E-state index in [0.29, 0.717) is 47.7 Å². The van der Waals surface area contributed by atoms with Crippen LogP contribution in [0.5, 0.6) is 5.75 Å². The van der Waals surface area contributed by atoms with E-state index in [-0.39, 0.29) is 41.5 Å². The summed E-state index contributed by atoms with van der Waals surface area (Å²) in [6.07, 6.45) is 6.04. The maximum absolute atomic E-state index is 15.2. The fraction of sp³-hybridized carbons (Fsp3) is 0.333. The van der Waals surface area contributed by atoms with Gasteiger partial charge in [0.2, 0.25) is 5.91 Å². The van der Waals surface area contributed by atoms with Gasteiger partial charge in [0.1, 0.15) is 29.5 Å². The van der Waals surface area contributed by atoms with Gasteiger partial charge in [-0.1, -0.05) is 20.4 Å². The number of aromatic nitrogens is 5. The zero-order valence-electron chi connectivity index (χ0n) is 23.4. The van der Waals surface area contributed by atoms with Gasteiger partial charge >= 0.3 is 5.69 Å². The first kappa shape index (κ1) is 26.5. The van der Waals surface area contributed by atoms with Gasteiger partial charge < -0.3 is 14.5 Å². The number of hydrogen-bond donors (Lipinski definition) is 0. The molecule has 0 saturated carbocycles. The van der Waals surface area contributed by atoms with Crippen molar-refractivity contribution in [2.75, 3.05) is 24.5 Å². The molecular formula is C30H30FN7O3. The van der Waals surface area contributed by atoms with E-state index in [0.717, 1.165) is 11.3 Å². The van der Waals surface area contributed by atoms with Crippen molar-refractivity contribution in [2.24, 2.45) is 0 Å². The Morgan fingerprint density at radius 2 is 1.98 bits per heavy atom. The Bertz CT molecular complexity index is 1780. The summed E-state index contributed by atoms with van der Waals surface area (Å²) in [4.78, 5) is 48.3. The lowest BCUT2D eigenvalue weighted by molar-refractivity contribution is -0.126. The Hall–Kier alpha value is -4.67. The van der Waals surface area contributed by atoms with Crippen molar-refractivity contribution in [3.8, 4) is 22.7 Å². The average molecular weight is 556 g/mol. The van der Waals surface area contributed by atoms with Crippen LogP contribution >= 0.6 is 0 Å². The molecule has 2 aliphatic heterocycles. The largest absolute Gasteiger partial charge is 0.483 e. The van der Waals surface area contributed by atoms with Gasteiger partial charge in [-0.05, 0) is 43.5 Å². The summed E-state index contributed by atoms with van der Waals surface area (Å²) in [5.41, 5.74) is 3.06. The number of halogens is 1. The predicted molar refractivity (Wildman–Crippen MR) is 153 cm³/mol. The van der Waals surface area contributed by atoms with Crippen molar-refractivity contribution in [2.45, 2.75) is 46.3 Å². The number of ether oxygens (including phenoxy) is 1. The highest BCUT2D eigenvalue weighted by molar-refractivity contribution is 5.98. The molecule has 6 heterocycles. The van der Waals surface area contributed by atoms with Gasteiger partial charge in [-0.15, -0.1) is 0 Å². The van der Waals surface area contributed by atoms with E-state index in [9.17, 15) is 9.59 Å². The van der Waals surface area contributed by atoms with Gasteiger partial charge in [0, 0.05) is 44.3 Å². The zero-order chi connectivity index (χ0) is 29.0. The second-order valence-electron chi connectivity index (χ2n) is 10.7. The van der Waals surface area contributed by atoms with E-state index in [1.807, 2.05) is 38.7 Å². The molecule has 4 aromatic heterocycles. The summed E-state index contributed by atoms with van der Waals surface area (Å²) in [5, 5.41) is 0.574. The summed E-state index contributed by atoms with van der Waals surface area (Å²) >= 11 is 0. The number of carbonyl (C=O) groups is 1. The lowest BCUT2D eigenvalue weighted by Gasteiger charge is -2.40. The number of fused-ring (bicyclic) bond motifs is 5. The molecule has 0 radical (unpaired) electrons. The highest BCUT2D eigenvalue weighted by atomic mass is 19.1. The van der Waals surface area contributed by atoms with Crippen LogP contribution in [0.15, 0.2) is 48.2 Å². The van der Waals surface area contributed by atoms with Crippen molar-refractivity contribution in [1.82, 2.24) is 29.4 Å². The molecule has 2 aliphatic rings. The lowest BCUT2D eigenvalue weighted by atomic mass is 10.0. The molecule has 1 fully saturated rings. The Morgan fingerprint density at radius 1 is 1.20 bits per heavy atom. The highest BCUT2D eigenvalue weighted by Crippen LogP contribution is 2.43. The number of aryl methyl sites for hydroxylation is 1. The first-order valence-corrected chi connectivity index (χ1v) is 13.6. The molecule has 41 heavy (non-hydrogen) atoms. The van der Waals surface area contributed by atoms with E-state index in [4.69, 9.17) is 4.74 Å². The van der Waals surface area contributed by atoms with Crippen molar-refractivity contribution in [1.29, 1.82) is 0 Å². The number of anilines is 1. The van der Waals surface area contributed by atoms with Crippen LogP contribution in [0.25, 0.3) is 27.8 Å². The van der Waals surface area contributed by atoms with E-state index in [2.05, 4.69) is 26.5 Å². The van der Waals surface area contributed by atoms with Gasteiger partial charge in [0.15, 0.2) is 5.75 Å². The molecule has 11 heteroatoms. The summed E-state index contributed by atoms with van der Waals surface area (Å²) in [7, 11) is 0. The SMILES string of the molecule is C=CC(=O)N1CCN(c2nc(=O)n(-c3c(C)ccnc3C(C)C)c3c4c(ncc23)-c2c(F)ccnc2CO4)[C@@H](C)C1. The minimum absolute atomic E-state index is 0.00276. The van der Waals surface area contributed by atoms with Crippen LogP contribution in [0.4, 0.5) is 10.2 Å². The topological polar surface area (TPSA) is 106 Å². The Labute approximate surface area is 236 Å². The second-order valence-corrected chi connectivity index (χ2v) is 10.7. The normalized spacial score (nSPS) is 16.4. The number of piperazine rings is 1. The fourth-order valence-corrected chi connectivity index (χ4v) is 5.77. The van der Waals surface area contributed by atoms with Crippen molar-refractivity contribution in [3.05, 3.63) is 76.6 Å². The predicted octanol–water partition coefficient (Wildman–Crippen LogP) is 3.92. The van der Waals surface area contributed by atoms with Crippen LogP contribution in [0.1, 0.15) is 43.6 Å². The molecule has 1 amide bonds. The van der Waals surface area contributed by atoms with Gasteiger partial charge in [-0.3, -0.25) is 24.3 Å². The highest BCUT2D eigenvalue weighted by Gasteiger charge is 2.33. The van der Waals surface area contributed by atoms with Gasteiger partial charge in [-0.2, -0.15) is 4.98 Å². The third kappa shape index (κ3) is 4.23. The lowest BCUT2D eigenvalue weighted by Crippen LogP contribution is -2.54. The van der Waals surface area contributed by atoms with Crippen LogP contribution in [0, 0.1) is 12.7 Å². The third-order valence-electron chi connectivity index (χ3n) is 7.74. The van der Waals surface area contributed by atoms with Crippen LogP contribution < -0.4 is 15.3 Å². The van der Waals surface area contributed by atoms with Gasteiger partial charge in [-0.25, -0.2) is 9.18 Å². The van der Waals surface area contributed by atoms with Crippen molar-refractivity contribution < 1.29 is 13.9 Å². The number of carbonyl (C=O) groups excluding carboxylic acids is 1. The molecule has 0 unspecified atom stereocenters. The van der Waals surface area contributed by atoms with Crippen molar-refractivity contribution in [3.63, 3.8) is 0 Å². The number of nitrogens with zero attached hydrogens (tertiary/aromatic N) is 7. The third-order valence-corrected chi connectivity index (χ3v) is 7.74. The minimum Gasteiger partial charge on any atom is -0.483 e. The van der Waals surface area contributed by atoms with Crippen LogP contribution in [0.2, 0.25) is 0 Å². The van der Waals surface area contributed by atoms with E-state index in [1.54, 1.807) is 17.3 Å². The monoisotopic (exact) mass is 555 g/mol. The molecule has 0 bridgehead atoms. The Kier molecular flexibility index (Phi) is 6.51. The maximum atomic E-state index is 15.2. The fourth-order valence-electron chi connectivity index (χ4n) is 5.77. The number of amides is 1. The molecular weight excluding hydrogens is 525 g/mol. The second kappa shape index (κ2) is 10.1. The maximum Gasteiger partial charge on any atom is 0.354 e. The zero-order valence-corrected chi connectivity index (χ0v) is 23.4. The van der Waals surface area contributed by atoms with E-state index in [1.165, 1.54) is 22.9 Å². The molecule has 4 aromatic rings. The summed E-state index contributed by atoms with van der Waals surface area (Å²) < 4.78 is 22.9. The Balaban J connectivity index is 1.66. The summed E-state index contributed by atoms with van der Waals surface area (Å²) in [6.45, 7) is 12.9. The Morgan fingerprint density at radius 3 is 2.71 bits per heavy atom. The van der Waals surface area contributed by atoms with Crippen molar-refractivity contribution >= 4 is 22.6 Å². The molecule has 210 valence electrons. The first-order chi connectivity index (χ1) is 19.7. The molecule has 0 N–H and O–H groups in total. The molecule has 1 atom stereocenters. The van der Waals surface area contributed by atoms with Crippen LogP contribution in [0.3, 0.4) is 0 Å². The molecule has 10 nitrogen and oxygen atoms in total. The smallest absolute Gasteiger partial charge is 0.354 e. The standard InChI is InChI=1S/C30H30FN7O3/c1-6-22(39)36-11-12-37(18(5)14-36)29-19-13-34-25-23-20(31)8-10-32-21(23)15-41-28(25)27(19)38(30(40)35-29)26-17(4)7-9-33-24(26)16(2)3/h6-10,13,16,18H,1,11-12,14-15H2,2-5H3/t18-/m0/s1. The van der Waals surface area contributed by atoms with E-state index < -0.39 is 11.5 Å². The van der Waals surface area contributed by atoms with E-state index >= 15 is 4.39 Å². The summed E-state index contributed by atoms with van der Waals surface area (Å²) in [6, 6.07) is 2.99. The van der Waals surface area contributed by atoms with Gasteiger partial charge in [0.25, 0.3) is 0 Å². The minimum atomic E-state index is -0.517. The molecule has 0 aromatic carbocycles. The summed E-state index contributed by atoms with van der Waals surface area (Å²) in [5.74, 6) is 0.114. The average Bonchev–Trinajstić information content (AvgIpc) is 2.96. The molecule has 1 saturated heterocycles. The molecule has 6 rings (SSSR count). The first-order valence-electron chi connectivity index (χ1n) is 13.6. The van der Waals surface area contributed by atoms with Crippen LogP contribution in [-0.4, -0.2) is 61.0 Å². The van der Waals surface area contributed by atoms with Gasteiger partial charge in [0.05, 0.1) is 28.0 Å². The molecule has 0 spiro atoms.